The number of aliphatic hydroxyl groups excluding tert-OH is 1. The van der Waals surface area contributed by atoms with E-state index in [0.29, 0.717) is 18.8 Å². The summed E-state index contributed by atoms with van der Waals surface area (Å²) >= 11 is 0. The van der Waals surface area contributed by atoms with E-state index in [4.69, 9.17) is 15.6 Å². The normalized spacial score (nSPS) is 10.8. The Morgan fingerprint density at radius 3 is 2.71 bits per heavy atom. The van der Waals surface area contributed by atoms with E-state index in [9.17, 15) is 0 Å². The average Bonchev–Trinajstić information content (AvgIpc) is 2.30. The van der Waals surface area contributed by atoms with Crippen molar-refractivity contribution in [2.24, 2.45) is 0 Å². The van der Waals surface area contributed by atoms with E-state index in [1.54, 1.807) is 0 Å². The molecule has 0 spiro atoms. The van der Waals surface area contributed by atoms with Crippen LogP contribution in [0.2, 0.25) is 0 Å². The van der Waals surface area contributed by atoms with Gasteiger partial charge in [-0.25, -0.2) is 0 Å². The van der Waals surface area contributed by atoms with Crippen LogP contribution in [0.25, 0.3) is 0 Å². The van der Waals surface area contributed by atoms with E-state index < -0.39 is 0 Å². The Morgan fingerprint density at radius 2 is 2.12 bits per heavy atom. The van der Waals surface area contributed by atoms with Crippen molar-refractivity contribution in [3.05, 3.63) is 23.8 Å². The van der Waals surface area contributed by atoms with Crippen molar-refractivity contribution in [2.45, 2.75) is 13.3 Å². The van der Waals surface area contributed by atoms with Crippen molar-refractivity contribution >= 4 is 5.69 Å². The first-order valence-electron chi connectivity index (χ1n) is 5.98. The predicted octanol–water partition coefficient (Wildman–Crippen LogP) is 1.13. The molecule has 0 aliphatic carbocycles. The van der Waals surface area contributed by atoms with Crippen LogP contribution in [0.5, 0.6) is 5.75 Å². The number of hydrogen-bond acceptors (Lipinski definition) is 4. The van der Waals surface area contributed by atoms with Crippen LogP contribution in [-0.2, 0) is 6.42 Å². The maximum absolute atomic E-state index is 8.80. The molecule has 0 heterocycles. The minimum absolute atomic E-state index is 0.196. The molecule has 4 nitrogen and oxygen atoms in total. The van der Waals surface area contributed by atoms with Crippen molar-refractivity contribution in [1.82, 2.24) is 4.90 Å². The Balaban J connectivity index is 2.52. The van der Waals surface area contributed by atoms with Crippen molar-refractivity contribution in [1.29, 1.82) is 0 Å². The number of ether oxygens (including phenoxy) is 1. The van der Waals surface area contributed by atoms with Crippen LogP contribution in [0.15, 0.2) is 18.2 Å². The summed E-state index contributed by atoms with van der Waals surface area (Å²) in [5.74, 6) is 0.750. The minimum atomic E-state index is 0.196. The molecule has 1 aromatic carbocycles. The van der Waals surface area contributed by atoms with Gasteiger partial charge in [0.25, 0.3) is 0 Å². The first-order chi connectivity index (χ1) is 8.17. The van der Waals surface area contributed by atoms with Crippen molar-refractivity contribution in [2.75, 3.05) is 39.1 Å². The Kier molecular flexibility index (Phi) is 5.80. The van der Waals surface area contributed by atoms with E-state index in [1.807, 2.05) is 32.2 Å². The maximum Gasteiger partial charge on any atom is 0.142 e. The van der Waals surface area contributed by atoms with Gasteiger partial charge in [-0.3, -0.25) is 0 Å². The van der Waals surface area contributed by atoms with Gasteiger partial charge in [-0.15, -0.1) is 0 Å². The lowest BCUT2D eigenvalue weighted by atomic mass is 10.1. The molecule has 0 fully saturated rings. The van der Waals surface area contributed by atoms with E-state index >= 15 is 0 Å². The van der Waals surface area contributed by atoms with E-state index in [2.05, 4.69) is 4.90 Å². The molecular weight excluding hydrogens is 216 g/mol. The summed E-state index contributed by atoms with van der Waals surface area (Å²) < 4.78 is 5.39. The topological polar surface area (TPSA) is 58.7 Å². The van der Waals surface area contributed by atoms with Crippen LogP contribution in [0, 0.1) is 0 Å². The molecule has 0 atom stereocenters. The Bertz CT molecular complexity index is 342. The van der Waals surface area contributed by atoms with Gasteiger partial charge in [0, 0.05) is 13.1 Å². The summed E-state index contributed by atoms with van der Waals surface area (Å²) in [6.45, 7) is 4.38. The third kappa shape index (κ3) is 4.63. The third-order valence-corrected chi connectivity index (χ3v) is 2.64. The Hall–Kier alpha value is -1.26. The summed E-state index contributed by atoms with van der Waals surface area (Å²) in [7, 11) is 1.99. The number of benzene rings is 1. The van der Waals surface area contributed by atoms with Gasteiger partial charge in [0.05, 0.1) is 18.9 Å². The van der Waals surface area contributed by atoms with E-state index in [0.717, 1.165) is 18.7 Å². The molecule has 96 valence electrons. The minimum Gasteiger partial charge on any atom is -0.492 e. The molecule has 1 rings (SSSR count). The van der Waals surface area contributed by atoms with Crippen molar-refractivity contribution in [3.8, 4) is 5.75 Å². The standard InChI is InChI=1S/C13H22N2O2/c1-3-17-13-5-4-11(10-12(13)14)6-7-15(2)8-9-16/h4-5,10,16H,3,6-9,14H2,1-2H3. The number of nitrogen functional groups attached to an aromatic ring is 1. The van der Waals surface area contributed by atoms with Crippen LogP contribution < -0.4 is 10.5 Å². The number of nitrogens with zero attached hydrogens (tertiary/aromatic N) is 1. The molecule has 0 aromatic heterocycles. The number of aliphatic hydroxyl groups is 1. The summed E-state index contributed by atoms with van der Waals surface area (Å²) in [5.41, 5.74) is 7.77. The second-order valence-electron chi connectivity index (χ2n) is 4.08. The average molecular weight is 238 g/mol. The summed E-state index contributed by atoms with van der Waals surface area (Å²) in [4.78, 5) is 2.09. The highest BCUT2D eigenvalue weighted by molar-refractivity contribution is 5.54. The van der Waals surface area contributed by atoms with Gasteiger partial charge < -0.3 is 20.5 Å². The zero-order chi connectivity index (χ0) is 12.7. The summed E-state index contributed by atoms with van der Waals surface area (Å²) in [6.07, 6.45) is 0.924. The lowest BCUT2D eigenvalue weighted by molar-refractivity contribution is 0.223. The SMILES string of the molecule is CCOc1ccc(CCN(C)CCO)cc1N. The molecular formula is C13H22N2O2. The second kappa shape index (κ2) is 7.14. The van der Waals surface area contributed by atoms with Gasteiger partial charge in [0.2, 0.25) is 0 Å². The lowest BCUT2D eigenvalue weighted by Gasteiger charge is -2.15. The Morgan fingerprint density at radius 1 is 1.35 bits per heavy atom. The van der Waals surface area contributed by atoms with Crippen LogP contribution in [0.4, 0.5) is 5.69 Å². The van der Waals surface area contributed by atoms with Crippen LogP contribution in [0.3, 0.4) is 0 Å². The molecule has 0 bridgehead atoms. The molecule has 0 amide bonds. The fourth-order valence-corrected chi connectivity index (χ4v) is 1.64. The van der Waals surface area contributed by atoms with Gasteiger partial charge in [0.15, 0.2) is 0 Å². The number of nitrogens with two attached hydrogens (primary N) is 1. The fourth-order valence-electron chi connectivity index (χ4n) is 1.64. The first kappa shape index (κ1) is 13.8. The zero-order valence-corrected chi connectivity index (χ0v) is 10.6. The smallest absolute Gasteiger partial charge is 0.142 e. The van der Waals surface area contributed by atoms with Gasteiger partial charge in [-0.05, 0) is 38.1 Å². The first-order valence-corrected chi connectivity index (χ1v) is 5.98. The molecule has 1 aromatic rings. The zero-order valence-electron chi connectivity index (χ0n) is 10.6. The van der Waals surface area contributed by atoms with Crippen LogP contribution in [0.1, 0.15) is 12.5 Å². The number of rotatable bonds is 7. The van der Waals surface area contributed by atoms with Crippen molar-refractivity contribution in [3.63, 3.8) is 0 Å². The monoisotopic (exact) mass is 238 g/mol. The molecule has 0 radical (unpaired) electrons. The highest BCUT2D eigenvalue weighted by Gasteiger charge is 2.03. The molecule has 17 heavy (non-hydrogen) atoms. The van der Waals surface area contributed by atoms with E-state index in [1.165, 1.54) is 5.56 Å². The predicted molar refractivity (Wildman–Crippen MR) is 70.3 cm³/mol. The van der Waals surface area contributed by atoms with E-state index in [-0.39, 0.29) is 6.61 Å². The molecule has 0 unspecified atom stereocenters. The quantitative estimate of drug-likeness (QED) is 0.699. The molecule has 0 saturated heterocycles. The van der Waals surface area contributed by atoms with Crippen LogP contribution >= 0.6 is 0 Å². The molecule has 3 N–H and O–H groups in total. The van der Waals surface area contributed by atoms with Crippen molar-refractivity contribution < 1.29 is 9.84 Å². The highest BCUT2D eigenvalue weighted by atomic mass is 16.5. The molecule has 0 saturated carbocycles. The largest absolute Gasteiger partial charge is 0.492 e. The number of likely N-dealkylation sites (N-methyl/N-ethyl adjacent to an activating group) is 1. The molecule has 4 heteroatoms. The fraction of sp³-hybridized carbons (Fsp3) is 0.538. The number of anilines is 1. The lowest BCUT2D eigenvalue weighted by Crippen LogP contribution is -2.24. The van der Waals surface area contributed by atoms with Crippen LogP contribution in [-0.4, -0.2) is 43.4 Å². The summed E-state index contributed by atoms with van der Waals surface area (Å²) in [5, 5.41) is 8.80. The maximum atomic E-state index is 8.80. The highest BCUT2D eigenvalue weighted by Crippen LogP contribution is 2.22. The number of hydrogen-bond donors (Lipinski definition) is 2. The Labute approximate surface area is 103 Å². The molecule has 0 aliphatic heterocycles. The van der Waals surface area contributed by atoms with Gasteiger partial charge in [-0.1, -0.05) is 6.07 Å². The second-order valence-corrected chi connectivity index (χ2v) is 4.08. The molecule has 0 aliphatic rings. The van der Waals surface area contributed by atoms with Gasteiger partial charge in [-0.2, -0.15) is 0 Å². The van der Waals surface area contributed by atoms with Gasteiger partial charge >= 0.3 is 0 Å². The third-order valence-electron chi connectivity index (χ3n) is 2.64. The van der Waals surface area contributed by atoms with Gasteiger partial charge in [0.1, 0.15) is 5.75 Å². The summed E-state index contributed by atoms with van der Waals surface area (Å²) in [6, 6.07) is 5.91.